The van der Waals surface area contributed by atoms with Crippen molar-refractivity contribution >= 4 is 17.3 Å². The minimum Gasteiger partial charge on any atom is -0.381 e. The summed E-state index contributed by atoms with van der Waals surface area (Å²) in [5.41, 5.74) is 0. The fraction of sp³-hybridized carbons (Fsp3) is 0.750. The van der Waals surface area contributed by atoms with Crippen molar-refractivity contribution in [3.05, 3.63) is 16.1 Å². The average molecular weight is 340 g/mol. The maximum atomic E-state index is 5.85. The monoisotopic (exact) mass is 340 g/mol. The third-order valence-corrected chi connectivity index (χ3v) is 4.63. The van der Waals surface area contributed by atoms with E-state index >= 15 is 0 Å². The van der Waals surface area contributed by atoms with Crippen molar-refractivity contribution in [3.63, 3.8) is 0 Å². The van der Waals surface area contributed by atoms with Gasteiger partial charge in [0.05, 0.1) is 11.1 Å². The van der Waals surface area contributed by atoms with E-state index in [9.17, 15) is 0 Å². The molecule has 1 saturated heterocycles. The molecular weight excluding hydrogens is 312 g/mol. The predicted molar refractivity (Wildman–Crippen MR) is 94.3 cm³/mol. The van der Waals surface area contributed by atoms with Crippen LogP contribution in [0.1, 0.15) is 29.1 Å². The largest absolute Gasteiger partial charge is 0.381 e. The van der Waals surface area contributed by atoms with E-state index in [2.05, 4.69) is 27.5 Å². The van der Waals surface area contributed by atoms with E-state index < -0.39 is 0 Å². The molecule has 1 aromatic heterocycles. The van der Waals surface area contributed by atoms with Gasteiger partial charge < -0.3 is 20.1 Å². The maximum absolute atomic E-state index is 5.85. The van der Waals surface area contributed by atoms with E-state index in [0.29, 0.717) is 6.10 Å². The molecule has 1 aliphatic heterocycles. The van der Waals surface area contributed by atoms with Crippen LogP contribution in [0.4, 0.5) is 0 Å². The number of aliphatic imine (C=N–C) groups is 1. The zero-order valence-corrected chi connectivity index (χ0v) is 15.0. The fourth-order valence-corrected chi connectivity index (χ4v) is 3.18. The minimum atomic E-state index is 0.378. The lowest BCUT2D eigenvalue weighted by molar-refractivity contribution is -0.0320. The SMILES string of the molecule is CN=C(NCCCOC1CCOCC1)NCCc1ncc(C)s1. The number of rotatable bonds is 8. The first-order chi connectivity index (χ1) is 11.3. The van der Waals surface area contributed by atoms with Gasteiger partial charge in [0, 0.05) is 57.5 Å². The molecule has 2 heterocycles. The van der Waals surface area contributed by atoms with Gasteiger partial charge in [0.15, 0.2) is 5.96 Å². The summed E-state index contributed by atoms with van der Waals surface area (Å²) in [4.78, 5) is 9.85. The van der Waals surface area contributed by atoms with Crippen LogP contribution < -0.4 is 10.6 Å². The topological polar surface area (TPSA) is 67.8 Å². The molecule has 2 N–H and O–H groups in total. The van der Waals surface area contributed by atoms with Crippen LogP contribution >= 0.6 is 11.3 Å². The second kappa shape index (κ2) is 10.6. The summed E-state index contributed by atoms with van der Waals surface area (Å²) < 4.78 is 11.2. The number of hydrogen-bond acceptors (Lipinski definition) is 5. The molecule has 0 saturated carbocycles. The van der Waals surface area contributed by atoms with Crippen LogP contribution in [0.15, 0.2) is 11.2 Å². The summed E-state index contributed by atoms with van der Waals surface area (Å²) in [7, 11) is 1.79. The van der Waals surface area contributed by atoms with Crippen molar-refractivity contribution in [2.75, 3.05) is 40.0 Å². The number of ether oxygens (including phenoxy) is 2. The number of nitrogens with one attached hydrogen (secondary N) is 2. The van der Waals surface area contributed by atoms with Gasteiger partial charge in [-0.1, -0.05) is 0 Å². The molecule has 130 valence electrons. The zero-order valence-electron chi connectivity index (χ0n) is 14.1. The van der Waals surface area contributed by atoms with E-state index in [1.165, 1.54) is 4.88 Å². The predicted octanol–water partition coefficient (Wildman–Crippen LogP) is 1.74. The van der Waals surface area contributed by atoms with Crippen LogP contribution in [0.3, 0.4) is 0 Å². The fourth-order valence-electron chi connectivity index (χ4n) is 2.40. The Hall–Kier alpha value is -1.18. The maximum Gasteiger partial charge on any atom is 0.190 e. The van der Waals surface area contributed by atoms with Crippen molar-refractivity contribution in [2.45, 2.75) is 38.7 Å². The highest BCUT2D eigenvalue weighted by atomic mass is 32.1. The van der Waals surface area contributed by atoms with Gasteiger partial charge in [0.25, 0.3) is 0 Å². The molecule has 1 aliphatic rings. The Bertz CT molecular complexity index is 472. The Morgan fingerprint density at radius 3 is 2.87 bits per heavy atom. The van der Waals surface area contributed by atoms with Crippen molar-refractivity contribution in [3.8, 4) is 0 Å². The lowest BCUT2D eigenvalue weighted by atomic mass is 10.1. The number of hydrogen-bond donors (Lipinski definition) is 2. The summed E-state index contributed by atoms with van der Waals surface area (Å²) in [6.45, 7) is 6.23. The van der Waals surface area contributed by atoms with Crippen LogP contribution in [-0.2, 0) is 15.9 Å². The Morgan fingerprint density at radius 2 is 2.17 bits per heavy atom. The average Bonchev–Trinajstić information content (AvgIpc) is 2.99. The van der Waals surface area contributed by atoms with Gasteiger partial charge in [-0.15, -0.1) is 11.3 Å². The first-order valence-electron chi connectivity index (χ1n) is 8.33. The van der Waals surface area contributed by atoms with Gasteiger partial charge in [0.1, 0.15) is 0 Å². The van der Waals surface area contributed by atoms with Crippen molar-refractivity contribution in [1.82, 2.24) is 15.6 Å². The van der Waals surface area contributed by atoms with Crippen LogP contribution in [0.2, 0.25) is 0 Å². The number of aromatic nitrogens is 1. The Balaban J connectivity index is 1.50. The highest BCUT2D eigenvalue weighted by Crippen LogP contribution is 2.11. The molecular formula is C16H28N4O2S. The summed E-state index contributed by atoms with van der Waals surface area (Å²) in [5, 5.41) is 7.79. The molecule has 0 amide bonds. The highest BCUT2D eigenvalue weighted by molar-refractivity contribution is 7.11. The molecule has 1 aromatic rings. The summed E-state index contributed by atoms with van der Waals surface area (Å²) in [5.74, 6) is 0.837. The van der Waals surface area contributed by atoms with Gasteiger partial charge in [-0.2, -0.15) is 0 Å². The van der Waals surface area contributed by atoms with Crippen LogP contribution in [0.5, 0.6) is 0 Å². The van der Waals surface area contributed by atoms with Crippen LogP contribution in [0, 0.1) is 6.92 Å². The third kappa shape index (κ3) is 7.28. The summed E-state index contributed by atoms with van der Waals surface area (Å²) in [6.07, 6.45) is 6.24. The second-order valence-corrected chi connectivity index (χ2v) is 6.90. The van der Waals surface area contributed by atoms with Gasteiger partial charge in [-0.3, -0.25) is 4.99 Å². The van der Waals surface area contributed by atoms with Gasteiger partial charge in [-0.05, 0) is 26.2 Å². The van der Waals surface area contributed by atoms with Crippen LogP contribution in [-0.4, -0.2) is 57.0 Å². The molecule has 6 nitrogen and oxygen atoms in total. The Labute approximate surface area is 142 Å². The standard InChI is InChI=1S/C16H28N4O2S/c1-13-12-20-15(23-13)4-8-19-16(17-2)18-7-3-9-22-14-5-10-21-11-6-14/h12,14H,3-11H2,1-2H3,(H2,17,18,19). The first-order valence-corrected chi connectivity index (χ1v) is 9.14. The minimum absolute atomic E-state index is 0.378. The molecule has 0 aliphatic carbocycles. The second-order valence-electron chi connectivity index (χ2n) is 5.58. The lowest BCUT2D eigenvalue weighted by Crippen LogP contribution is -2.39. The molecule has 0 unspecified atom stereocenters. The van der Waals surface area contributed by atoms with Crippen molar-refractivity contribution in [1.29, 1.82) is 0 Å². The molecule has 0 radical (unpaired) electrons. The molecule has 23 heavy (non-hydrogen) atoms. The number of guanidine groups is 1. The quantitative estimate of drug-likeness (QED) is 0.429. The van der Waals surface area contributed by atoms with E-state index in [0.717, 1.165) is 69.6 Å². The molecule has 1 fully saturated rings. The summed E-state index contributed by atoms with van der Waals surface area (Å²) >= 11 is 1.75. The van der Waals surface area contributed by atoms with Crippen molar-refractivity contribution in [2.24, 2.45) is 4.99 Å². The number of thiazole rings is 1. The molecule has 0 atom stereocenters. The molecule has 2 rings (SSSR count). The van der Waals surface area contributed by atoms with Gasteiger partial charge >= 0.3 is 0 Å². The van der Waals surface area contributed by atoms with Crippen molar-refractivity contribution < 1.29 is 9.47 Å². The highest BCUT2D eigenvalue weighted by Gasteiger charge is 2.13. The summed E-state index contributed by atoms with van der Waals surface area (Å²) in [6, 6.07) is 0. The molecule has 0 spiro atoms. The van der Waals surface area contributed by atoms with E-state index in [1.807, 2.05) is 6.20 Å². The van der Waals surface area contributed by atoms with Crippen LogP contribution in [0.25, 0.3) is 0 Å². The number of nitrogens with zero attached hydrogens (tertiary/aromatic N) is 2. The molecule has 0 aromatic carbocycles. The third-order valence-electron chi connectivity index (χ3n) is 3.66. The normalized spacial score (nSPS) is 16.5. The first kappa shape index (κ1) is 18.2. The van der Waals surface area contributed by atoms with Gasteiger partial charge in [-0.25, -0.2) is 4.98 Å². The van der Waals surface area contributed by atoms with E-state index in [1.54, 1.807) is 18.4 Å². The number of aryl methyl sites for hydroxylation is 1. The Morgan fingerprint density at radius 1 is 1.39 bits per heavy atom. The van der Waals surface area contributed by atoms with E-state index in [4.69, 9.17) is 9.47 Å². The lowest BCUT2D eigenvalue weighted by Gasteiger charge is -2.22. The molecule has 0 bridgehead atoms. The smallest absolute Gasteiger partial charge is 0.190 e. The van der Waals surface area contributed by atoms with Gasteiger partial charge in [0.2, 0.25) is 0 Å². The zero-order chi connectivity index (χ0) is 16.3. The Kier molecular flexibility index (Phi) is 8.35. The van der Waals surface area contributed by atoms with E-state index in [-0.39, 0.29) is 0 Å². The molecule has 7 heteroatoms.